The quantitative estimate of drug-likeness (QED) is 0.604. The number of anilines is 1. The molecule has 1 atom stereocenters. The Bertz CT molecular complexity index is 1290. The van der Waals surface area contributed by atoms with Crippen molar-refractivity contribution < 1.29 is 9.53 Å². The lowest BCUT2D eigenvalue weighted by molar-refractivity contribution is -0.157. The number of fused-ring (bicyclic) bond motifs is 1. The summed E-state index contributed by atoms with van der Waals surface area (Å²) in [6.45, 7) is 9.63. The molecule has 4 heterocycles. The van der Waals surface area contributed by atoms with E-state index in [1.54, 1.807) is 0 Å². The third-order valence-electron chi connectivity index (χ3n) is 9.54. The van der Waals surface area contributed by atoms with Gasteiger partial charge in [0.15, 0.2) is 0 Å². The standard InChI is InChI=1S/C31H42N6O2/c1-22(2)36-20-31(21-36,39-3)26-8-4-23(5-9-26)25-18-29-28(12-13-33-37(29)19-25)34-14-16-35(17-15-34)30(38)24-6-10-27(32)11-7-24/h4-5,8,12-13,18-19,22,24,26,32H,6-7,9-11,14-17,20-21H2,1-3H3. The van der Waals surface area contributed by atoms with E-state index < -0.39 is 0 Å². The number of amides is 1. The van der Waals surface area contributed by atoms with E-state index in [-0.39, 0.29) is 17.4 Å². The topological polar surface area (TPSA) is 77.2 Å². The Balaban J connectivity index is 1.12. The van der Waals surface area contributed by atoms with Gasteiger partial charge in [0.1, 0.15) is 0 Å². The highest BCUT2D eigenvalue weighted by atomic mass is 16.5. The van der Waals surface area contributed by atoms with Gasteiger partial charge in [-0.1, -0.05) is 18.2 Å². The van der Waals surface area contributed by atoms with Crippen LogP contribution in [0.5, 0.6) is 0 Å². The van der Waals surface area contributed by atoms with E-state index in [4.69, 9.17) is 10.1 Å². The third kappa shape index (κ3) is 4.93. The molecule has 1 N–H and O–H groups in total. The minimum atomic E-state index is -0.0769. The molecular formula is C31H42N6O2. The van der Waals surface area contributed by atoms with Gasteiger partial charge in [-0.3, -0.25) is 9.69 Å². The number of hydrogen-bond acceptors (Lipinski definition) is 6. The molecule has 8 heteroatoms. The van der Waals surface area contributed by atoms with Crippen LogP contribution in [0.4, 0.5) is 5.69 Å². The first-order chi connectivity index (χ1) is 18.9. The van der Waals surface area contributed by atoms with Crippen LogP contribution >= 0.6 is 0 Å². The second-order valence-electron chi connectivity index (χ2n) is 12.1. The SMILES string of the molecule is COC1(C2C=CC(c3cc4c(N5CCN(C(=O)C6CCC(=N)CC6)CC5)ccnn4c3)=CC2)CN(C(C)C)C1. The number of piperazine rings is 1. The van der Waals surface area contributed by atoms with Crippen LogP contribution in [0, 0.1) is 17.2 Å². The molecule has 1 saturated carbocycles. The summed E-state index contributed by atoms with van der Waals surface area (Å²) in [5.41, 5.74) is 5.43. The number of allylic oxidation sites excluding steroid dienone is 3. The smallest absolute Gasteiger partial charge is 0.225 e. The van der Waals surface area contributed by atoms with Crippen LogP contribution in [0.2, 0.25) is 0 Å². The van der Waals surface area contributed by atoms with Crippen molar-refractivity contribution in [3.63, 3.8) is 0 Å². The van der Waals surface area contributed by atoms with Gasteiger partial charge in [0.2, 0.25) is 5.91 Å². The largest absolute Gasteiger partial charge is 0.375 e. The highest BCUT2D eigenvalue weighted by Gasteiger charge is 2.49. The number of nitrogens with zero attached hydrogens (tertiary/aromatic N) is 5. The second kappa shape index (κ2) is 10.5. The van der Waals surface area contributed by atoms with Crippen LogP contribution in [0.1, 0.15) is 51.5 Å². The fourth-order valence-electron chi connectivity index (χ4n) is 6.81. The summed E-state index contributed by atoms with van der Waals surface area (Å²) >= 11 is 0. The summed E-state index contributed by atoms with van der Waals surface area (Å²) in [6, 6.07) is 4.91. The van der Waals surface area contributed by atoms with E-state index in [0.29, 0.717) is 12.0 Å². The van der Waals surface area contributed by atoms with Crippen molar-refractivity contribution in [1.29, 1.82) is 5.41 Å². The van der Waals surface area contributed by atoms with Crippen molar-refractivity contribution >= 4 is 28.4 Å². The van der Waals surface area contributed by atoms with Crippen LogP contribution in [-0.4, -0.2) is 89.1 Å². The molecule has 0 bridgehead atoms. The lowest BCUT2D eigenvalue weighted by Gasteiger charge is -2.54. The van der Waals surface area contributed by atoms with Gasteiger partial charge in [0.05, 0.1) is 16.8 Å². The van der Waals surface area contributed by atoms with E-state index in [1.807, 2.05) is 22.7 Å². The molecule has 6 rings (SSSR count). The molecule has 2 aromatic rings. The number of hydrogen-bond donors (Lipinski definition) is 1. The zero-order chi connectivity index (χ0) is 27.1. The number of rotatable bonds is 6. The Kier molecular flexibility index (Phi) is 7.10. The third-order valence-corrected chi connectivity index (χ3v) is 9.54. The zero-order valence-electron chi connectivity index (χ0n) is 23.6. The van der Waals surface area contributed by atoms with E-state index in [9.17, 15) is 4.79 Å². The van der Waals surface area contributed by atoms with Gasteiger partial charge in [-0.15, -0.1) is 0 Å². The number of carbonyl (C=O) groups excluding carboxylic acids is 1. The normalized spacial score (nSPS) is 25.7. The van der Waals surface area contributed by atoms with Gasteiger partial charge in [-0.05, 0) is 63.7 Å². The average Bonchev–Trinajstić information content (AvgIpc) is 3.38. The summed E-state index contributed by atoms with van der Waals surface area (Å²) in [6.07, 6.45) is 15.2. The first-order valence-corrected chi connectivity index (χ1v) is 14.6. The highest BCUT2D eigenvalue weighted by Crippen LogP contribution is 2.40. The number of nitrogens with one attached hydrogen (secondary N) is 1. The maximum absolute atomic E-state index is 13.1. The number of ether oxygens (including phenoxy) is 1. The van der Waals surface area contributed by atoms with Crippen molar-refractivity contribution in [2.24, 2.45) is 11.8 Å². The molecule has 2 aromatic heterocycles. The molecule has 39 heavy (non-hydrogen) atoms. The van der Waals surface area contributed by atoms with Crippen LogP contribution in [0.15, 0.2) is 42.8 Å². The molecule has 3 fully saturated rings. The molecule has 0 spiro atoms. The minimum absolute atomic E-state index is 0.0769. The molecular weight excluding hydrogens is 488 g/mol. The maximum Gasteiger partial charge on any atom is 0.225 e. The summed E-state index contributed by atoms with van der Waals surface area (Å²) in [5, 5.41) is 12.4. The van der Waals surface area contributed by atoms with E-state index >= 15 is 0 Å². The van der Waals surface area contributed by atoms with Crippen LogP contribution in [0.25, 0.3) is 11.1 Å². The fraction of sp³-hybridized carbons (Fsp3) is 0.581. The van der Waals surface area contributed by atoms with Crippen LogP contribution in [0.3, 0.4) is 0 Å². The summed E-state index contributed by atoms with van der Waals surface area (Å²) in [4.78, 5) is 20.0. The predicted octanol–water partition coefficient (Wildman–Crippen LogP) is 4.26. The summed E-state index contributed by atoms with van der Waals surface area (Å²) < 4.78 is 8.04. The number of aromatic nitrogens is 2. The lowest BCUT2D eigenvalue weighted by atomic mass is 9.75. The lowest BCUT2D eigenvalue weighted by Crippen LogP contribution is -2.67. The van der Waals surface area contributed by atoms with Crippen molar-refractivity contribution in [3.8, 4) is 0 Å². The Labute approximate surface area is 231 Å². The monoisotopic (exact) mass is 530 g/mol. The number of carbonyl (C=O) groups is 1. The van der Waals surface area contributed by atoms with Crippen molar-refractivity contribution in [1.82, 2.24) is 19.4 Å². The van der Waals surface area contributed by atoms with E-state index in [1.165, 1.54) is 16.8 Å². The van der Waals surface area contributed by atoms with Crippen molar-refractivity contribution in [2.45, 2.75) is 57.6 Å². The molecule has 0 radical (unpaired) electrons. The number of likely N-dealkylation sites (tertiary alicyclic amines) is 1. The molecule has 1 unspecified atom stereocenters. The molecule has 2 aliphatic carbocycles. The molecule has 0 aromatic carbocycles. The van der Waals surface area contributed by atoms with Gasteiger partial charge < -0.3 is 19.9 Å². The molecule has 1 amide bonds. The first-order valence-electron chi connectivity index (χ1n) is 14.6. The molecule has 2 aliphatic heterocycles. The Hall–Kier alpha value is -2.97. The van der Waals surface area contributed by atoms with Gasteiger partial charge in [0.25, 0.3) is 0 Å². The Morgan fingerprint density at radius 2 is 1.90 bits per heavy atom. The van der Waals surface area contributed by atoms with Gasteiger partial charge >= 0.3 is 0 Å². The van der Waals surface area contributed by atoms with E-state index in [0.717, 1.165) is 82.6 Å². The van der Waals surface area contributed by atoms with Gasteiger partial charge in [0, 0.05) is 87.9 Å². The van der Waals surface area contributed by atoms with Gasteiger partial charge in [-0.2, -0.15) is 5.10 Å². The number of methoxy groups -OCH3 is 1. The molecule has 2 saturated heterocycles. The average molecular weight is 531 g/mol. The molecule has 8 nitrogen and oxygen atoms in total. The molecule has 208 valence electrons. The van der Waals surface area contributed by atoms with Crippen LogP contribution < -0.4 is 4.90 Å². The summed E-state index contributed by atoms with van der Waals surface area (Å²) in [5.74, 6) is 0.780. The predicted molar refractivity (Wildman–Crippen MR) is 155 cm³/mol. The second-order valence-corrected chi connectivity index (χ2v) is 12.1. The Morgan fingerprint density at radius 1 is 1.15 bits per heavy atom. The van der Waals surface area contributed by atoms with Crippen LogP contribution in [-0.2, 0) is 9.53 Å². The minimum Gasteiger partial charge on any atom is -0.375 e. The first kappa shape index (κ1) is 26.3. The Morgan fingerprint density at radius 3 is 2.54 bits per heavy atom. The van der Waals surface area contributed by atoms with Crippen molar-refractivity contribution in [2.75, 3.05) is 51.3 Å². The molecule has 4 aliphatic rings. The highest BCUT2D eigenvalue weighted by molar-refractivity contribution is 5.86. The maximum atomic E-state index is 13.1. The zero-order valence-corrected chi connectivity index (χ0v) is 23.6. The van der Waals surface area contributed by atoms with Gasteiger partial charge in [-0.25, -0.2) is 4.52 Å². The fourth-order valence-corrected chi connectivity index (χ4v) is 6.81. The summed E-state index contributed by atoms with van der Waals surface area (Å²) in [7, 11) is 1.86. The van der Waals surface area contributed by atoms with E-state index in [2.05, 4.69) is 65.3 Å². The van der Waals surface area contributed by atoms with Crippen molar-refractivity contribution in [3.05, 3.63) is 48.3 Å².